The monoisotopic (exact) mass is 451 g/mol. The van der Waals surface area contributed by atoms with Gasteiger partial charge in [-0.3, -0.25) is 0 Å². The van der Waals surface area contributed by atoms with E-state index in [0.717, 1.165) is 16.7 Å². The Morgan fingerprint density at radius 3 is 2.41 bits per heavy atom. The Morgan fingerprint density at radius 1 is 0.969 bits per heavy atom. The van der Waals surface area contributed by atoms with Crippen molar-refractivity contribution in [2.75, 3.05) is 5.75 Å². The highest BCUT2D eigenvalue weighted by Crippen LogP contribution is 2.34. The molecule has 3 aromatic rings. The molecule has 0 spiro atoms. The SMILES string of the molecule is O=C(N[C@H]1Cc2ccccc2[C@@H](CS(=O)(=O)c2ccc(O)cc2)C1)OCc1ccccc1. The fourth-order valence-electron chi connectivity index (χ4n) is 4.15. The molecule has 0 bridgehead atoms. The average Bonchev–Trinajstić information content (AvgIpc) is 2.78. The predicted molar refractivity (Wildman–Crippen MR) is 121 cm³/mol. The Morgan fingerprint density at radius 2 is 1.66 bits per heavy atom. The van der Waals surface area contributed by atoms with E-state index in [1.54, 1.807) is 0 Å². The molecule has 0 aromatic heterocycles. The highest BCUT2D eigenvalue weighted by Gasteiger charge is 2.32. The Labute approximate surface area is 187 Å². The lowest BCUT2D eigenvalue weighted by atomic mass is 9.81. The van der Waals surface area contributed by atoms with E-state index < -0.39 is 15.9 Å². The van der Waals surface area contributed by atoms with Gasteiger partial charge in [0.2, 0.25) is 0 Å². The van der Waals surface area contributed by atoms with Crippen LogP contribution in [0, 0.1) is 0 Å². The number of hydrogen-bond acceptors (Lipinski definition) is 5. The molecule has 2 atom stereocenters. The van der Waals surface area contributed by atoms with Gasteiger partial charge in [0, 0.05) is 12.0 Å². The number of phenols is 1. The maximum absolute atomic E-state index is 13.0. The van der Waals surface area contributed by atoms with Crippen LogP contribution in [0.5, 0.6) is 5.75 Å². The van der Waals surface area contributed by atoms with Crippen molar-refractivity contribution in [2.24, 2.45) is 0 Å². The molecule has 0 fully saturated rings. The first-order valence-corrected chi connectivity index (χ1v) is 12.1. The summed E-state index contributed by atoms with van der Waals surface area (Å²) >= 11 is 0. The van der Waals surface area contributed by atoms with Crippen LogP contribution in [0.25, 0.3) is 0 Å². The minimum Gasteiger partial charge on any atom is -0.508 e. The molecule has 2 N–H and O–H groups in total. The molecule has 0 heterocycles. The summed E-state index contributed by atoms with van der Waals surface area (Å²) < 4.78 is 31.4. The van der Waals surface area contributed by atoms with Gasteiger partial charge in [-0.05, 0) is 53.8 Å². The summed E-state index contributed by atoms with van der Waals surface area (Å²) in [6, 6.07) is 22.5. The maximum Gasteiger partial charge on any atom is 0.407 e. The fourth-order valence-corrected chi connectivity index (χ4v) is 5.74. The van der Waals surface area contributed by atoms with Gasteiger partial charge in [0.15, 0.2) is 9.84 Å². The van der Waals surface area contributed by atoms with Crippen LogP contribution in [-0.2, 0) is 27.6 Å². The predicted octanol–water partition coefficient (Wildman–Crippen LogP) is 4.19. The summed E-state index contributed by atoms with van der Waals surface area (Å²) in [5, 5.41) is 12.4. The summed E-state index contributed by atoms with van der Waals surface area (Å²) in [6.45, 7) is 0.175. The summed E-state index contributed by atoms with van der Waals surface area (Å²) in [4.78, 5) is 12.5. The lowest BCUT2D eigenvalue weighted by molar-refractivity contribution is 0.134. The molecule has 1 aliphatic carbocycles. The number of sulfone groups is 1. The van der Waals surface area contributed by atoms with E-state index >= 15 is 0 Å². The number of ether oxygens (including phenoxy) is 1. The third-order valence-corrected chi connectivity index (χ3v) is 7.51. The molecule has 1 aliphatic rings. The second kappa shape index (κ2) is 9.44. The van der Waals surface area contributed by atoms with E-state index in [0.29, 0.717) is 12.8 Å². The van der Waals surface area contributed by atoms with Crippen molar-refractivity contribution in [1.82, 2.24) is 5.32 Å². The lowest BCUT2D eigenvalue weighted by Gasteiger charge is -2.31. The van der Waals surface area contributed by atoms with E-state index in [9.17, 15) is 18.3 Å². The first-order chi connectivity index (χ1) is 15.4. The summed E-state index contributed by atoms with van der Waals surface area (Å²) in [5.74, 6) is -0.324. The molecule has 0 saturated heterocycles. The van der Waals surface area contributed by atoms with Crippen LogP contribution in [0.1, 0.15) is 29.0 Å². The molecule has 6 nitrogen and oxygen atoms in total. The van der Waals surface area contributed by atoms with Crippen molar-refractivity contribution in [3.63, 3.8) is 0 Å². The Balaban J connectivity index is 1.46. The molecule has 0 saturated carbocycles. The maximum atomic E-state index is 13.0. The number of fused-ring (bicyclic) bond motifs is 1. The van der Waals surface area contributed by atoms with Crippen LogP contribution in [0.4, 0.5) is 4.79 Å². The molecule has 0 radical (unpaired) electrons. The number of phenolic OH excluding ortho intramolecular Hbond substituents is 1. The Hall–Kier alpha value is -3.32. The number of carbonyl (C=O) groups is 1. The number of benzene rings is 3. The van der Waals surface area contributed by atoms with Crippen LogP contribution in [0.15, 0.2) is 83.8 Å². The van der Waals surface area contributed by atoms with Crippen LogP contribution >= 0.6 is 0 Å². The van der Waals surface area contributed by atoms with Gasteiger partial charge in [0.1, 0.15) is 12.4 Å². The Bertz CT molecular complexity index is 1180. The molecule has 1 amide bonds. The van der Waals surface area contributed by atoms with Crippen molar-refractivity contribution in [2.45, 2.75) is 36.3 Å². The van der Waals surface area contributed by atoms with Gasteiger partial charge in [-0.1, -0.05) is 54.6 Å². The number of hydrogen-bond donors (Lipinski definition) is 2. The zero-order chi connectivity index (χ0) is 22.6. The number of carbonyl (C=O) groups excluding carboxylic acids is 1. The van der Waals surface area contributed by atoms with E-state index in [-0.39, 0.29) is 35.0 Å². The topological polar surface area (TPSA) is 92.7 Å². The first kappa shape index (κ1) is 21.9. The third-order valence-electron chi connectivity index (χ3n) is 5.68. The van der Waals surface area contributed by atoms with Gasteiger partial charge in [0.25, 0.3) is 0 Å². The second-order valence-electron chi connectivity index (χ2n) is 8.01. The van der Waals surface area contributed by atoms with E-state index in [1.165, 1.54) is 24.3 Å². The molecule has 0 aliphatic heterocycles. The summed E-state index contributed by atoms with van der Waals surface area (Å²) in [6.07, 6.45) is 0.597. The van der Waals surface area contributed by atoms with E-state index in [1.807, 2.05) is 54.6 Å². The lowest BCUT2D eigenvalue weighted by Crippen LogP contribution is -2.41. The molecule has 4 rings (SSSR count). The average molecular weight is 452 g/mol. The van der Waals surface area contributed by atoms with Crippen molar-refractivity contribution in [3.05, 3.63) is 95.6 Å². The second-order valence-corrected chi connectivity index (χ2v) is 10.0. The van der Waals surface area contributed by atoms with Crippen LogP contribution < -0.4 is 5.32 Å². The van der Waals surface area contributed by atoms with Crippen LogP contribution in [0.2, 0.25) is 0 Å². The van der Waals surface area contributed by atoms with Crippen molar-refractivity contribution in [1.29, 1.82) is 0 Å². The van der Waals surface area contributed by atoms with E-state index in [4.69, 9.17) is 4.74 Å². The van der Waals surface area contributed by atoms with Crippen LogP contribution in [0.3, 0.4) is 0 Å². The zero-order valence-corrected chi connectivity index (χ0v) is 18.3. The van der Waals surface area contributed by atoms with Crippen molar-refractivity contribution >= 4 is 15.9 Å². The van der Waals surface area contributed by atoms with Gasteiger partial charge in [-0.2, -0.15) is 0 Å². The minimum absolute atomic E-state index is 0.0187. The molecular weight excluding hydrogens is 426 g/mol. The zero-order valence-electron chi connectivity index (χ0n) is 17.5. The largest absolute Gasteiger partial charge is 0.508 e. The van der Waals surface area contributed by atoms with Crippen molar-refractivity contribution < 1.29 is 23.1 Å². The van der Waals surface area contributed by atoms with Crippen LogP contribution in [-0.4, -0.2) is 31.4 Å². The number of alkyl carbamates (subject to hydrolysis) is 1. The molecule has 166 valence electrons. The smallest absolute Gasteiger partial charge is 0.407 e. The molecular formula is C25H25NO5S. The normalized spacial score (nSPS) is 17.9. The summed E-state index contributed by atoms with van der Waals surface area (Å²) in [7, 11) is -3.57. The number of amides is 1. The molecule has 0 unspecified atom stereocenters. The highest BCUT2D eigenvalue weighted by atomic mass is 32.2. The number of aromatic hydroxyl groups is 1. The Kier molecular flexibility index (Phi) is 6.46. The first-order valence-electron chi connectivity index (χ1n) is 10.5. The quantitative estimate of drug-likeness (QED) is 0.586. The highest BCUT2D eigenvalue weighted by molar-refractivity contribution is 7.91. The minimum atomic E-state index is -3.57. The van der Waals surface area contributed by atoms with Gasteiger partial charge in [-0.25, -0.2) is 13.2 Å². The standard InChI is InChI=1S/C25H25NO5S/c27-22-10-12-23(13-11-22)32(29,30)17-20-15-21(14-19-8-4-5-9-24(19)20)26-25(28)31-16-18-6-2-1-3-7-18/h1-13,20-21,27H,14-17H2,(H,26,28)/t20-,21+/m1/s1. The van der Waals surface area contributed by atoms with Gasteiger partial charge in [-0.15, -0.1) is 0 Å². The van der Waals surface area contributed by atoms with Gasteiger partial charge in [0.05, 0.1) is 10.6 Å². The van der Waals surface area contributed by atoms with E-state index in [2.05, 4.69) is 5.32 Å². The number of nitrogens with one attached hydrogen (secondary N) is 1. The fraction of sp³-hybridized carbons (Fsp3) is 0.240. The van der Waals surface area contributed by atoms with Crippen molar-refractivity contribution in [3.8, 4) is 5.75 Å². The molecule has 7 heteroatoms. The summed E-state index contributed by atoms with van der Waals surface area (Å²) in [5.41, 5.74) is 2.91. The molecule has 3 aromatic carbocycles. The van der Waals surface area contributed by atoms with Gasteiger partial charge >= 0.3 is 6.09 Å². The van der Waals surface area contributed by atoms with Gasteiger partial charge < -0.3 is 15.2 Å². The molecule has 32 heavy (non-hydrogen) atoms. The third kappa shape index (κ3) is 5.29. The number of rotatable bonds is 6.